The van der Waals surface area contributed by atoms with E-state index in [1.807, 2.05) is 0 Å². The van der Waals surface area contributed by atoms with Gasteiger partial charge in [0.05, 0.1) is 12.1 Å². The smallest absolute Gasteiger partial charge is 0.813 e. The normalized spacial score (nSPS) is 7.10. The third kappa shape index (κ3) is 58.5. The molecule has 3 amide bonds. The number of unbranched alkanes of at least 4 members (excludes halogenated alkanes) is 2. The number of hydrogen-bond acceptors (Lipinski definition) is 7. The van der Waals surface area contributed by atoms with Gasteiger partial charge in [0.2, 0.25) is 0 Å². The Kier molecular flexibility index (Phi) is 75.8. The summed E-state index contributed by atoms with van der Waals surface area (Å²) in [5, 5.41) is 27.9. The van der Waals surface area contributed by atoms with E-state index in [0.717, 1.165) is 21.5 Å². The number of carbonyl (C=O) groups excluding carboxylic acids is 2. The van der Waals surface area contributed by atoms with Crippen molar-refractivity contribution in [3.05, 3.63) is 13.8 Å². The molecule has 0 fully saturated rings. The first kappa shape index (κ1) is 51.8. The number of amides is 3. The molecule has 0 aromatic rings. The predicted molar refractivity (Wildman–Crippen MR) is 105 cm³/mol. The second kappa shape index (κ2) is 42.5. The van der Waals surface area contributed by atoms with Crippen molar-refractivity contribution in [2.75, 3.05) is 13.1 Å². The molecule has 0 aliphatic heterocycles. The Bertz CT molecular complexity index is 318. The first-order chi connectivity index (χ1) is 11.6. The molecule has 0 rings (SSSR count). The summed E-state index contributed by atoms with van der Waals surface area (Å²) in [4.78, 5) is 29.5. The van der Waals surface area contributed by atoms with Gasteiger partial charge in [-0.1, -0.05) is 26.7 Å². The molecule has 0 aromatic heterocycles. The molecule has 0 radical (unpaired) electrons. The maximum atomic E-state index is 10.4. The molecule has 3 N–H and O–H groups in total. The molecule has 0 spiro atoms. The Labute approximate surface area is 225 Å². The Hall–Kier alpha value is 0.380. The fourth-order valence-electron chi connectivity index (χ4n) is 0.559. The van der Waals surface area contributed by atoms with Gasteiger partial charge in [0.1, 0.15) is 12.2 Å². The predicted octanol–water partition coefficient (Wildman–Crippen LogP) is 1.47. The number of carbonyl (C=O) groups is 3. The fraction of sp³-hybridized carbons (Fsp3) is 0.667. The maximum Gasteiger partial charge on any atom is 2.00 e. The molecule has 0 saturated heterocycles. The third-order valence-electron chi connectivity index (χ3n) is 1.89. The van der Waals surface area contributed by atoms with Gasteiger partial charge in [-0.2, -0.15) is 12.8 Å². The second-order valence-corrected chi connectivity index (χ2v) is 5.09. The van der Waals surface area contributed by atoms with Gasteiger partial charge >= 0.3 is 45.0 Å². The molecule has 162 valence electrons. The molecule has 0 aliphatic rings. The van der Waals surface area contributed by atoms with Crippen LogP contribution in [0.4, 0.5) is 14.4 Å². The quantitative estimate of drug-likeness (QED) is 0.151. The monoisotopic (exact) mass is 606 g/mol. The zero-order valence-electron chi connectivity index (χ0n) is 18.1. The topological polar surface area (TPSA) is 150 Å². The van der Waals surface area contributed by atoms with Crippen molar-refractivity contribution < 1.29 is 88.1 Å². The molecular weight excluding hydrogens is 578 g/mol. The molecule has 0 bridgehead atoms. The van der Waals surface area contributed by atoms with Crippen molar-refractivity contribution in [1.29, 1.82) is 0 Å². The van der Waals surface area contributed by atoms with Crippen LogP contribution in [0.25, 0.3) is 0 Å². The summed E-state index contributed by atoms with van der Waals surface area (Å²) in [7, 11) is 0. The Morgan fingerprint density at radius 1 is 0.897 bits per heavy atom. The van der Waals surface area contributed by atoms with Gasteiger partial charge in [0, 0.05) is 32.6 Å². The van der Waals surface area contributed by atoms with E-state index in [0.29, 0.717) is 12.1 Å². The first-order valence-corrected chi connectivity index (χ1v) is 8.54. The van der Waals surface area contributed by atoms with Gasteiger partial charge in [0.15, 0.2) is 0 Å². The molecule has 14 heteroatoms. The van der Waals surface area contributed by atoms with Crippen molar-refractivity contribution in [3.8, 4) is 0 Å². The van der Waals surface area contributed by atoms with Crippen LogP contribution in [-0.4, -0.2) is 45.1 Å². The second-order valence-electron chi connectivity index (χ2n) is 4.05. The van der Waals surface area contributed by atoms with E-state index in [4.69, 9.17) is 9.90 Å². The summed E-state index contributed by atoms with van der Waals surface area (Å²) < 4.78 is 1.58. The molecule has 29 heavy (non-hydrogen) atoms. The van der Waals surface area contributed by atoms with Crippen LogP contribution in [0.5, 0.6) is 0 Å². The van der Waals surface area contributed by atoms with Gasteiger partial charge in [0.25, 0.3) is 0 Å². The summed E-state index contributed by atoms with van der Waals surface area (Å²) in [6.45, 7) is 14.9. The molecule has 0 aromatic carbocycles. The van der Waals surface area contributed by atoms with Gasteiger partial charge < -0.3 is 58.0 Å². The maximum absolute atomic E-state index is 10.4. The number of nitrogens with zero attached hydrogens (tertiary/aromatic N) is 2. The SMILES string of the molecule is CCN(SN(CC)C(=O)[O-])C(=O)[O-].NC(=O)O.[CH2-]CCC.[CH2-]CCC.[SH-].[Zn+2].[Zn+2].[Zn]. The first-order valence-electron chi connectivity index (χ1n) is 7.81. The van der Waals surface area contributed by atoms with E-state index in [-0.39, 0.29) is 85.0 Å². The minimum Gasteiger partial charge on any atom is -0.813 e. The number of rotatable bonds is 6. The summed E-state index contributed by atoms with van der Waals surface area (Å²) >= 11 is 0.549. The summed E-state index contributed by atoms with van der Waals surface area (Å²) in [6, 6.07) is 0. The molecule has 0 saturated carbocycles. The summed E-state index contributed by atoms with van der Waals surface area (Å²) in [5.41, 5.74) is 4.03. The molecule has 0 atom stereocenters. The van der Waals surface area contributed by atoms with Gasteiger partial charge in [-0.05, 0) is 13.8 Å². The van der Waals surface area contributed by atoms with Crippen LogP contribution in [0.2, 0.25) is 0 Å². The van der Waals surface area contributed by atoms with Crippen molar-refractivity contribution in [2.45, 2.75) is 53.4 Å². The third-order valence-corrected chi connectivity index (χ3v) is 3.09. The molecule has 9 nitrogen and oxygen atoms in total. The standard InChI is InChI=1S/C6H12N2O4S.2C4H9.CH3NO2.H2S.3Zn/c1-3-7(5(9)10)13-8(4-2)6(11)12;2*1-3-4-2;2-1(3)4;;;;/h3-4H2,1-2H3,(H,9,10)(H,11,12);2*1,3-4H2,2H3;2H2,(H,3,4);1H2;;;/q;2*-1;;;;2*+2/p-3. The average Bonchev–Trinajstić information content (AvgIpc) is 2.55. The number of hydrogen-bond donors (Lipinski definition) is 2. The summed E-state index contributed by atoms with van der Waals surface area (Å²) in [5.74, 6) is 0. The minimum absolute atomic E-state index is 0. The minimum atomic E-state index is -1.42. The van der Waals surface area contributed by atoms with Gasteiger partial charge in [-0.3, -0.25) is 8.61 Å². The van der Waals surface area contributed by atoms with E-state index in [1.54, 1.807) is 13.8 Å². The Morgan fingerprint density at radius 3 is 1.14 bits per heavy atom. The van der Waals surface area contributed by atoms with Crippen molar-refractivity contribution >= 4 is 43.9 Å². The van der Waals surface area contributed by atoms with Crippen molar-refractivity contribution in [1.82, 2.24) is 8.61 Å². The number of thiol groups is 1. The van der Waals surface area contributed by atoms with E-state index in [2.05, 4.69) is 33.4 Å². The van der Waals surface area contributed by atoms with Crippen LogP contribution < -0.4 is 15.9 Å². The van der Waals surface area contributed by atoms with E-state index < -0.39 is 18.3 Å². The van der Waals surface area contributed by atoms with Gasteiger partial charge in [-0.25, -0.2) is 4.79 Å². The number of primary amides is 1. The fourth-order valence-corrected chi connectivity index (χ4v) is 1.16. The Balaban J connectivity index is -0.0000000388. The van der Waals surface area contributed by atoms with Crippen molar-refractivity contribution in [3.63, 3.8) is 0 Å². The Morgan fingerprint density at radius 2 is 1.07 bits per heavy atom. The zero-order chi connectivity index (χ0) is 20.8. The van der Waals surface area contributed by atoms with Crippen LogP contribution >= 0.6 is 12.1 Å². The molecule has 0 unspecified atom stereocenters. The molecular formula is C15H32N3O6S2Zn3-. The van der Waals surface area contributed by atoms with Crippen LogP contribution in [0.15, 0.2) is 0 Å². The van der Waals surface area contributed by atoms with Crippen LogP contribution in [0, 0.1) is 13.8 Å². The molecule has 0 heterocycles. The summed E-state index contributed by atoms with van der Waals surface area (Å²) in [6.07, 6.45) is 0.374. The zero-order valence-corrected chi connectivity index (χ0v) is 28.7. The van der Waals surface area contributed by atoms with E-state index in [9.17, 15) is 19.8 Å². The molecule has 0 aliphatic carbocycles. The van der Waals surface area contributed by atoms with Crippen LogP contribution in [0.1, 0.15) is 53.4 Å². The van der Waals surface area contributed by atoms with E-state index >= 15 is 0 Å². The van der Waals surface area contributed by atoms with Crippen LogP contribution in [0.3, 0.4) is 0 Å². The average molecular weight is 611 g/mol. The number of carboxylic acid groups (broad SMARTS) is 3. The number of nitrogens with two attached hydrogens (primary N) is 1. The van der Waals surface area contributed by atoms with E-state index in [1.165, 1.54) is 12.8 Å². The van der Waals surface area contributed by atoms with Crippen LogP contribution in [-0.2, 0) is 71.9 Å². The largest absolute Gasteiger partial charge is 2.00 e. The van der Waals surface area contributed by atoms with Crippen molar-refractivity contribution in [2.24, 2.45) is 5.73 Å². The van der Waals surface area contributed by atoms with Gasteiger partial charge in [-0.15, -0.1) is 0 Å².